The molecule has 3 nitrogen and oxygen atoms in total. The third-order valence-electron chi connectivity index (χ3n) is 5.38. The van der Waals surface area contributed by atoms with E-state index in [0.717, 1.165) is 15.6 Å². The van der Waals surface area contributed by atoms with Gasteiger partial charge in [-0.05, 0) is 47.0 Å². The number of rotatable bonds is 6. The van der Waals surface area contributed by atoms with E-state index in [1.165, 1.54) is 0 Å². The summed E-state index contributed by atoms with van der Waals surface area (Å²) in [4.78, 5) is 13.3. The quantitative estimate of drug-likeness (QED) is 0.299. The molecule has 4 rings (SSSR count). The summed E-state index contributed by atoms with van der Waals surface area (Å²) >= 11 is 3.47. The van der Waals surface area contributed by atoms with E-state index in [0.29, 0.717) is 16.7 Å². The normalized spacial score (nSPS) is 12.9. The summed E-state index contributed by atoms with van der Waals surface area (Å²) in [7, 11) is 0. The molecule has 0 saturated heterocycles. The maximum Gasteiger partial charge on any atom is 0.253 e. The third kappa shape index (κ3) is 4.95. The molecule has 0 aliphatic carbocycles. The molecule has 0 aliphatic heterocycles. The number of hydrogen-bond donors (Lipinski definition) is 1. The van der Waals surface area contributed by atoms with E-state index in [1.807, 2.05) is 97.1 Å². The van der Waals surface area contributed by atoms with Crippen molar-refractivity contribution in [2.24, 2.45) is 0 Å². The molecule has 4 heteroatoms. The Morgan fingerprint density at radius 1 is 0.758 bits per heavy atom. The second-order valence-electron chi connectivity index (χ2n) is 7.52. The van der Waals surface area contributed by atoms with Crippen LogP contribution in [0, 0.1) is 11.3 Å². The first-order chi connectivity index (χ1) is 16.1. The maximum absolute atomic E-state index is 13.3. The Morgan fingerprint density at radius 2 is 1.27 bits per heavy atom. The Hall–Kier alpha value is -3.94. The van der Waals surface area contributed by atoms with Crippen molar-refractivity contribution >= 4 is 33.5 Å². The van der Waals surface area contributed by atoms with Crippen LogP contribution in [0.2, 0.25) is 0 Å². The zero-order valence-corrected chi connectivity index (χ0v) is 19.4. The first-order valence-corrected chi connectivity index (χ1v) is 11.3. The molecule has 33 heavy (non-hydrogen) atoms. The van der Waals surface area contributed by atoms with Gasteiger partial charge in [-0.1, -0.05) is 107 Å². The molecule has 1 amide bonds. The lowest BCUT2D eigenvalue weighted by Crippen LogP contribution is -2.45. The van der Waals surface area contributed by atoms with E-state index in [2.05, 4.69) is 27.3 Å². The van der Waals surface area contributed by atoms with Crippen molar-refractivity contribution in [3.05, 3.63) is 142 Å². The van der Waals surface area contributed by atoms with E-state index in [-0.39, 0.29) is 5.91 Å². The van der Waals surface area contributed by atoms with Gasteiger partial charge in [0.25, 0.3) is 5.91 Å². The highest BCUT2D eigenvalue weighted by molar-refractivity contribution is 9.10. The Bertz CT molecular complexity index is 1290. The highest BCUT2D eigenvalue weighted by Crippen LogP contribution is 2.38. The first kappa shape index (κ1) is 22.3. The average molecular weight is 493 g/mol. The summed E-state index contributed by atoms with van der Waals surface area (Å²) in [5.41, 5.74) is 2.19. The Morgan fingerprint density at radius 3 is 1.82 bits per heavy atom. The van der Waals surface area contributed by atoms with Crippen LogP contribution in [0.5, 0.6) is 0 Å². The molecule has 0 saturated carbocycles. The molecule has 4 aromatic rings. The predicted molar refractivity (Wildman–Crippen MR) is 136 cm³/mol. The van der Waals surface area contributed by atoms with Crippen LogP contribution < -0.4 is 5.32 Å². The van der Waals surface area contributed by atoms with E-state index in [1.54, 1.807) is 24.3 Å². The molecule has 0 fully saturated rings. The molecule has 0 radical (unpaired) electrons. The fourth-order valence-electron chi connectivity index (χ4n) is 3.72. The van der Waals surface area contributed by atoms with Crippen LogP contribution in [-0.2, 0) is 5.54 Å². The summed E-state index contributed by atoms with van der Waals surface area (Å²) in [5, 5.41) is 13.8. The summed E-state index contributed by atoms with van der Waals surface area (Å²) in [6.07, 6.45) is 1.96. The third-order valence-corrected chi connectivity index (χ3v) is 5.91. The van der Waals surface area contributed by atoms with Gasteiger partial charge in [-0.15, -0.1) is 0 Å². The zero-order valence-electron chi connectivity index (χ0n) is 17.8. The second-order valence-corrected chi connectivity index (χ2v) is 8.44. The van der Waals surface area contributed by atoms with Crippen LogP contribution in [-0.4, -0.2) is 5.91 Å². The van der Waals surface area contributed by atoms with Gasteiger partial charge in [0.15, 0.2) is 5.54 Å². The van der Waals surface area contributed by atoms with Crippen molar-refractivity contribution in [2.45, 2.75) is 5.54 Å². The molecule has 1 atom stereocenters. The van der Waals surface area contributed by atoms with Crippen molar-refractivity contribution in [1.82, 2.24) is 5.32 Å². The number of halogens is 1. The number of hydrogen-bond acceptors (Lipinski definition) is 2. The van der Waals surface area contributed by atoms with Gasteiger partial charge in [0.1, 0.15) is 6.07 Å². The molecule has 0 aliphatic rings. The van der Waals surface area contributed by atoms with Crippen molar-refractivity contribution in [2.75, 3.05) is 0 Å². The summed E-state index contributed by atoms with van der Waals surface area (Å²) in [6.45, 7) is 0. The molecule has 1 N–H and O–H groups in total. The molecular formula is C29H21BrN2O. The topological polar surface area (TPSA) is 52.9 Å². The molecule has 0 bridgehead atoms. The van der Waals surface area contributed by atoms with Crippen LogP contribution in [0.4, 0.5) is 0 Å². The van der Waals surface area contributed by atoms with E-state index in [4.69, 9.17) is 0 Å². The average Bonchev–Trinajstić information content (AvgIpc) is 2.88. The van der Waals surface area contributed by atoms with Crippen molar-refractivity contribution < 1.29 is 4.79 Å². The Labute approximate surface area is 202 Å². The number of benzene rings is 4. The van der Waals surface area contributed by atoms with E-state index in [9.17, 15) is 10.1 Å². The number of nitriles is 1. The lowest BCUT2D eigenvalue weighted by atomic mass is 9.79. The highest BCUT2D eigenvalue weighted by Gasteiger charge is 2.39. The minimum Gasteiger partial charge on any atom is -0.326 e. The molecule has 0 heterocycles. The van der Waals surface area contributed by atoms with Gasteiger partial charge < -0.3 is 5.32 Å². The van der Waals surface area contributed by atoms with Crippen molar-refractivity contribution in [1.29, 1.82) is 5.26 Å². The second kappa shape index (κ2) is 10.1. The standard InChI is InChI=1S/C29H21BrN2O/c30-26-18-16-25(17-19-26)29(21-31,32-28(33)24-14-8-3-9-15-24)27(23-12-6-2-7-13-23)20-22-10-4-1-5-11-22/h1-20H,(H,32,33). The van der Waals surface area contributed by atoms with Gasteiger partial charge in [-0.2, -0.15) is 5.26 Å². The number of nitrogens with zero attached hydrogens (tertiary/aromatic N) is 1. The van der Waals surface area contributed by atoms with Crippen LogP contribution in [0.15, 0.2) is 120 Å². The maximum atomic E-state index is 13.3. The molecule has 160 valence electrons. The molecule has 4 aromatic carbocycles. The highest BCUT2D eigenvalue weighted by atomic mass is 79.9. The monoisotopic (exact) mass is 492 g/mol. The van der Waals surface area contributed by atoms with E-state index < -0.39 is 5.54 Å². The van der Waals surface area contributed by atoms with Gasteiger partial charge in [-0.3, -0.25) is 4.79 Å². The van der Waals surface area contributed by atoms with Crippen LogP contribution >= 0.6 is 15.9 Å². The van der Waals surface area contributed by atoms with Crippen LogP contribution in [0.3, 0.4) is 0 Å². The minimum absolute atomic E-state index is 0.324. The van der Waals surface area contributed by atoms with Gasteiger partial charge in [0.2, 0.25) is 0 Å². The fourth-order valence-corrected chi connectivity index (χ4v) is 3.99. The summed E-state index contributed by atoms with van der Waals surface area (Å²) < 4.78 is 0.890. The number of carbonyl (C=O) groups is 1. The molecule has 0 spiro atoms. The summed E-state index contributed by atoms with van der Waals surface area (Å²) in [6, 6.07) is 38.4. The lowest BCUT2D eigenvalue weighted by Gasteiger charge is -2.32. The molecule has 1 unspecified atom stereocenters. The smallest absolute Gasteiger partial charge is 0.253 e. The van der Waals surface area contributed by atoms with Gasteiger partial charge in [0, 0.05) is 15.6 Å². The van der Waals surface area contributed by atoms with Gasteiger partial charge >= 0.3 is 0 Å². The van der Waals surface area contributed by atoms with Crippen LogP contribution in [0.1, 0.15) is 27.0 Å². The lowest BCUT2D eigenvalue weighted by molar-refractivity contribution is 0.0933. The van der Waals surface area contributed by atoms with Gasteiger partial charge in [0.05, 0.1) is 0 Å². The largest absolute Gasteiger partial charge is 0.326 e. The SMILES string of the molecule is N#CC(NC(=O)c1ccccc1)(C(=Cc1ccccc1)c1ccccc1)c1ccc(Br)cc1. The summed E-state index contributed by atoms with van der Waals surface area (Å²) in [5.74, 6) is -0.324. The van der Waals surface area contributed by atoms with Crippen molar-refractivity contribution in [3.63, 3.8) is 0 Å². The van der Waals surface area contributed by atoms with Crippen LogP contribution in [0.25, 0.3) is 11.6 Å². The predicted octanol–water partition coefficient (Wildman–Crippen LogP) is 6.84. The Kier molecular flexibility index (Phi) is 6.83. The minimum atomic E-state index is -1.43. The number of carbonyl (C=O) groups excluding carboxylic acids is 1. The molecule has 0 aromatic heterocycles. The first-order valence-electron chi connectivity index (χ1n) is 10.5. The fraction of sp³-hybridized carbons (Fsp3) is 0.0345. The number of nitrogens with one attached hydrogen (secondary N) is 1. The van der Waals surface area contributed by atoms with E-state index >= 15 is 0 Å². The van der Waals surface area contributed by atoms with Gasteiger partial charge in [-0.25, -0.2) is 0 Å². The molecular weight excluding hydrogens is 472 g/mol. The Balaban J connectivity index is 1.96. The zero-order chi connectivity index (χ0) is 23.1. The van der Waals surface area contributed by atoms with Crippen molar-refractivity contribution in [3.8, 4) is 6.07 Å². The number of amides is 1.